The number of aromatic carboxylic acids is 1. The van der Waals surface area contributed by atoms with Gasteiger partial charge in [0.2, 0.25) is 0 Å². The number of amides is 1. The van der Waals surface area contributed by atoms with Crippen molar-refractivity contribution in [3.63, 3.8) is 0 Å². The number of furan rings is 1. The van der Waals surface area contributed by atoms with Crippen LogP contribution in [0.4, 0.5) is 4.79 Å². The Balaban J connectivity index is 2.18. The first-order valence-electron chi connectivity index (χ1n) is 6.20. The molecule has 0 unspecified atom stereocenters. The van der Waals surface area contributed by atoms with Crippen molar-refractivity contribution >= 4 is 41.1 Å². The van der Waals surface area contributed by atoms with Crippen molar-refractivity contribution in [2.45, 2.75) is 11.8 Å². The van der Waals surface area contributed by atoms with E-state index in [1.807, 2.05) is 0 Å². The molecule has 2 rings (SSSR count). The van der Waals surface area contributed by atoms with E-state index in [0.717, 1.165) is 12.5 Å². The summed E-state index contributed by atoms with van der Waals surface area (Å²) in [7, 11) is -2.97. The Morgan fingerprint density at radius 2 is 2.04 bits per heavy atom. The molecular formula is C12H11AsN3O7S. The maximum absolute atomic E-state index is 12.1. The van der Waals surface area contributed by atoms with Crippen molar-refractivity contribution in [1.29, 1.82) is 0 Å². The van der Waals surface area contributed by atoms with E-state index in [4.69, 9.17) is 9.84 Å². The number of hydrogen-bond donors (Lipinski definition) is 2. The van der Waals surface area contributed by atoms with E-state index >= 15 is 0 Å². The van der Waals surface area contributed by atoms with Gasteiger partial charge in [0.05, 0.1) is 0 Å². The number of aromatic nitrogens is 2. The zero-order valence-corrected chi connectivity index (χ0v) is 15.1. The van der Waals surface area contributed by atoms with Crippen LogP contribution in [0, 0.1) is 6.92 Å². The van der Waals surface area contributed by atoms with E-state index in [-0.39, 0.29) is 10.5 Å². The number of aryl methyl sites for hydroxylation is 1. The molecule has 2 aromatic rings. The van der Waals surface area contributed by atoms with E-state index in [9.17, 15) is 18.0 Å². The van der Waals surface area contributed by atoms with Gasteiger partial charge in [-0.05, 0) is 0 Å². The minimum absolute atomic E-state index is 0.154. The molecule has 10 nitrogen and oxygen atoms in total. The molecule has 0 aliphatic heterocycles. The normalized spacial score (nSPS) is 11.6. The zero-order chi connectivity index (χ0) is 17.9. The van der Waals surface area contributed by atoms with Gasteiger partial charge in [0.15, 0.2) is 0 Å². The Bertz CT molecular complexity index is 894. The first-order chi connectivity index (χ1) is 11.2. The quantitative estimate of drug-likeness (QED) is 0.595. The third-order valence-electron chi connectivity index (χ3n) is 2.60. The van der Waals surface area contributed by atoms with E-state index in [1.54, 1.807) is 17.7 Å². The van der Waals surface area contributed by atoms with Crippen molar-refractivity contribution in [3.8, 4) is 5.88 Å². The van der Waals surface area contributed by atoms with Crippen molar-refractivity contribution in [2.75, 3.05) is 7.11 Å². The SMILES string of the molecule is COc1cc(C)nc([As]C(=O)NS(=O)(=O)c2cocc2C(=O)O)n1. The summed E-state index contributed by atoms with van der Waals surface area (Å²) < 4.78 is 34.9. The van der Waals surface area contributed by atoms with E-state index < -0.39 is 46.9 Å². The molecule has 0 bridgehead atoms. The summed E-state index contributed by atoms with van der Waals surface area (Å²) in [5.74, 6) is -1.23. The van der Waals surface area contributed by atoms with Crippen LogP contribution < -0.4 is 14.1 Å². The van der Waals surface area contributed by atoms with E-state index in [0.29, 0.717) is 5.69 Å². The first kappa shape index (κ1) is 18.0. The number of hydrogen-bond acceptors (Lipinski definition) is 8. The van der Waals surface area contributed by atoms with Gasteiger partial charge < -0.3 is 0 Å². The fraction of sp³-hybridized carbons (Fsp3) is 0.167. The molecule has 12 heteroatoms. The average Bonchev–Trinajstić information content (AvgIpc) is 2.96. The summed E-state index contributed by atoms with van der Waals surface area (Å²) >= 11 is -1.39. The van der Waals surface area contributed by atoms with Crippen LogP contribution in [0.5, 0.6) is 5.88 Å². The predicted molar refractivity (Wildman–Crippen MR) is 80.1 cm³/mol. The Morgan fingerprint density at radius 3 is 2.67 bits per heavy atom. The number of nitrogens with zero attached hydrogens (tertiary/aromatic N) is 2. The summed E-state index contributed by atoms with van der Waals surface area (Å²) in [6.45, 7) is 1.67. The standard InChI is InChI=1S/C12H11AsN3O7S/c1-6-3-9(22-2)15-11(14-6)13-12(19)16-24(20,21)8-5-23-4-7(8)10(17)18/h3-5H,1-2H3,(H,16,19)(H,17,18). The number of carboxylic acids is 1. The zero-order valence-electron chi connectivity index (χ0n) is 12.4. The second-order valence-electron chi connectivity index (χ2n) is 4.33. The third kappa shape index (κ3) is 4.12. The molecule has 0 saturated heterocycles. The van der Waals surface area contributed by atoms with Gasteiger partial charge >= 0.3 is 143 Å². The van der Waals surface area contributed by atoms with Crippen LogP contribution in [0.1, 0.15) is 16.1 Å². The number of rotatable bonds is 6. The molecular weight excluding hydrogens is 405 g/mol. The molecule has 0 aliphatic carbocycles. The van der Waals surface area contributed by atoms with Crippen molar-refractivity contribution in [1.82, 2.24) is 14.7 Å². The summed E-state index contributed by atoms with van der Waals surface area (Å²) in [5.41, 5.74) is -0.00848. The first-order valence-corrected chi connectivity index (χ1v) is 9.56. The molecule has 1 radical (unpaired) electrons. The number of ether oxygens (including phenoxy) is 1. The number of methoxy groups -OCH3 is 1. The number of carboxylic acid groups (broad SMARTS) is 1. The minimum atomic E-state index is -4.38. The molecule has 127 valence electrons. The topological polar surface area (TPSA) is 149 Å². The van der Waals surface area contributed by atoms with Crippen LogP contribution in [0.25, 0.3) is 0 Å². The second-order valence-corrected chi connectivity index (χ2v) is 8.14. The Hall–Kier alpha value is -2.39. The summed E-state index contributed by atoms with van der Waals surface area (Å²) in [4.78, 5) is 30.3. The van der Waals surface area contributed by atoms with Gasteiger partial charge in [-0.1, -0.05) is 0 Å². The molecule has 2 aromatic heterocycles. The fourth-order valence-corrected chi connectivity index (χ4v) is 4.78. The van der Waals surface area contributed by atoms with Crippen LogP contribution in [-0.4, -0.2) is 57.0 Å². The second kappa shape index (κ2) is 7.02. The van der Waals surface area contributed by atoms with Crippen LogP contribution in [-0.2, 0) is 10.0 Å². The molecule has 1 amide bonds. The number of carbonyl (C=O) groups excluding carboxylic acids is 1. The van der Waals surface area contributed by atoms with Gasteiger partial charge in [-0.15, -0.1) is 0 Å². The van der Waals surface area contributed by atoms with Crippen molar-refractivity contribution in [3.05, 3.63) is 29.9 Å². The molecule has 0 fully saturated rings. The van der Waals surface area contributed by atoms with Gasteiger partial charge in [0.1, 0.15) is 0 Å². The molecule has 0 spiro atoms. The van der Waals surface area contributed by atoms with Crippen LogP contribution in [0.3, 0.4) is 0 Å². The molecule has 2 N–H and O–H groups in total. The van der Waals surface area contributed by atoms with Gasteiger partial charge in [-0.2, -0.15) is 0 Å². The number of nitrogens with one attached hydrogen (secondary N) is 1. The van der Waals surface area contributed by atoms with Gasteiger partial charge in [-0.25, -0.2) is 0 Å². The Labute approximate surface area is 143 Å². The molecule has 0 saturated carbocycles. The Morgan fingerprint density at radius 1 is 1.33 bits per heavy atom. The third-order valence-corrected chi connectivity index (χ3v) is 5.78. The molecule has 2 heterocycles. The van der Waals surface area contributed by atoms with Crippen LogP contribution >= 0.6 is 0 Å². The summed E-state index contributed by atoms with van der Waals surface area (Å²) in [5, 5.41) is 8.91. The Kier molecular flexibility index (Phi) is 5.25. The van der Waals surface area contributed by atoms with Gasteiger partial charge in [0, 0.05) is 0 Å². The predicted octanol–water partition coefficient (Wildman–Crippen LogP) is -0.487. The van der Waals surface area contributed by atoms with E-state index in [2.05, 4.69) is 14.4 Å². The molecule has 0 aliphatic rings. The van der Waals surface area contributed by atoms with E-state index in [1.165, 1.54) is 7.11 Å². The van der Waals surface area contributed by atoms with Crippen molar-refractivity contribution in [2.24, 2.45) is 0 Å². The van der Waals surface area contributed by atoms with Gasteiger partial charge in [-0.3, -0.25) is 0 Å². The summed E-state index contributed by atoms with van der Waals surface area (Å²) in [6, 6.07) is 1.56. The monoisotopic (exact) mass is 416 g/mol. The molecule has 0 aromatic carbocycles. The number of sulfonamides is 1. The fourth-order valence-electron chi connectivity index (χ4n) is 1.61. The van der Waals surface area contributed by atoms with Crippen LogP contribution in [0.2, 0.25) is 0 Å². The van der Waals surface area contributed by atoms with Crippen LogP contribution in [0.15, 0.2) is 27.9 Å². The van der Waals surface area contributed by atoms with Crippen molar-refractivity contribution < 1.29 is 32.3 Å². The van der Waals surface area contributed by atoms with Gasteiger partial charge in [0.25, 0.3) is 0 Å². The average molecular weight is 416 g/mol. The number of carbonyl (C=O) groups is 2. The molecule has 0 atom stereocenters. The molecule has 24 heavy (non-hydrogen) atoms. The summed E-state index contributed by atoms with van der Waals surface area (Å²) in [6.07, 6.45) is 1.51. The maximum atomic E-state index is 12.1.